The summed E-state index contributed by atoms with van der Waals surface area (Å²) >= 11 is 3.20. The topological polar surface area (TPSA) is 17.8 Å². The third kappa shape index (κ3) is 1.58. The van der Waals surface area contributed by atoms with E-state index in [2.05, 4.69) is 26.9 Å². The average molecular weight is 185 g/mol. The van der Waals surface area contributed by atoms with Crippen LogP contribution in [0.3, 0.4) is 0 Å². The van der Waals surface area contributed by atoms with Crippen LogP contribution < -0.4 is 0 Å². The van der Waals surface area contributed by atoms with Gasteiger partial charge in [-0.15, -0.1) is 6.42 Å². The molecule has 0 fully saturated rings. The van der Waals surface area contributed by atoms with Crippen molar-refractivity contribution in [2.45, 2.75) is 6.54 Å². The second kappa shape index (κ2) is 2.70. The van der Waals surface area contributed by atoms with E-state index in [4.69, 9.17) is 6.42 Å². The Morgan fingerprint density at radius 1 is 1.89 bits per heavy atom. The Hall–Kier alpha value is -0.750. The molecule has 0 radical (unpaired) electrons. The number of rotatable bonds is 1. The number of hydrogen-bond acceptors (Lipinski definition) is 1. The maximum absolute atomic E-state index is 5.04. The number of halogens is 1. The number of terminal acetylenes is 1. The van der Waals surface area contributed by atoms with Crippen LogP contribution in [-0.4, -0.2) is 9.78 Å². The third-order valence-corrected chi connectivity index (χ3v) is 1.28. The van der Waals surface area contributed by atoms with Crippen LogP contribution in [0.4, 0.5) is 0 Å². The van der Waals surface area contributed by atoms with Crippen molar-refractivity contribution < 1.29 is 0 Å². The van der Waals surface area contributed by atoms with E-state index >= 15 is 0 Å². The van der Waals surface area contributed by atoms with Gasteiger partial charge in [0.15, 0.2) is 0 Å². The molecular formula is C6H5BrN2. The molecule has 0 aliphatic rings. The quantitative estimate of drug-likeness (QED) is 0.602. The van der Waals surface area contributed by atoms with Gasteiger partial charge < -0.3 is 0 Å². The maximum Gasteiger partial charge on any atom is 0.128 e. The molecule has 0 N–H and O–H groups in total. The monoisotopic (exact) mass is 184 g/mol. The van der Waals surface area contributed by atoms with Gasteiger partial charge in [-0.1, -0.05) is 5.92 Å². The molecule has 0 saturated heterocycles. The Morgan fingerprint density at radius 3 is 3.11 bits per heavy atom. The van der Waals surface area contributed by atoms with Crippen molar-refractivity contribution in [3.05, 3.63) is 16.9 Å². The van der Waals surface area contributed by atoms with E-state index in [0.717, 1.165) is 4.60 Å². The van der Waals surface area contributed by atoms with Crippen LogP contribution in [-0.2, 0) is 6.54 Å². The van der Waals surface area contributed by atoms with Crippen LogP contribution in [0.25, 0.3) is 0 Å². The van der Waals surface area contributed by atoms with Gasteiger partial charge in [0, 0.05) is 6.20 Å². The molecule has 0 saturated carbocycles. The third-order valence-electron chi connectivity index (χ3n) is 0.861. The molecule has 9 heavy (non-hydrogen) atoms. The molecule has 3 heteroatoms. The van der Waals surface area contributed by atoms with Crippen molar-refractivity contribution in [1.29, 1.82) is 0 Å². The SMILES string of the molecule is C#CCn1ccc(Br)n1. The highest BCUT2D eigenvalue weighted by Gasteiger charge is 1.89. The lowest BCUT2D eigenvalue weighted by molar-refractivity contribution is 0.710. The first-order valence-corrected chi connectivity index (χ1v) is 3.24. The Bertz CT molecular complexity index is 233. The van der Waals surface area contributed by atoms with Crippen LogP contribution in [0, 0.1) is 12.3 Å². The van der Waals surface area contributed by atoms with Gasteiger partial charge in [-0.2, -0.15) is 5.10 Å². The minimum absolute atomic E-state index is 0.533. The van der Waals surface area contributed by atoms with E-state index in [0.29, 0.717) is 6.54 Å². The molecule has 0 unspecified atom stereocenters. The Morgan fingerprint density at radius 2 is 2.67 bits per heavy atom. The zero-order valence-electron chi connectivity index (χ0n) is 4.71. The van der Waals surface area contributed by atoms with Crippen molar-refractivity contribution in [3.63, 3.8) is 0 Å². The van der Waals surface area contributed by atoms with Gasteiger partial charge in [0.25, 0.3) is 0 Å². The summed E-state index contributed by atoms with van der Waals surface area (Å²) in [5, 5.41) is 3.99. The van der Waals surface area contributed by atoms with Crippen LogP contribution in [0.5, 0.6) is 0 Å². The lowest BCUT2D eigenvalue weighted by Gasteiger charge is -1.88. The highest BCUT2D eigenvalue weighted by atomic mass is 79.9. The summed E-state index contributed by atoms with van der Waals surface area (Å²) in [6, 6.07) is 1.84. The number of hydrogen-bond donors (Lipinski definition) is 0. The summed E-state index contributed by atoms with van der Waals surface area (Å²) in [6.07, 6.45) is 6.87. The summed E-state index contributed by atoms with van der Waals surface area (Å²) < 4.78 is 2.50. The highest BCUT2D eigenvalue weighted by Crippen LogP contribution is 2.02. The fourth-order valence-corrected chi connectivity index (χ4v) is 0.840. The van der Waals surface area contributed by atoms with Gasteiger partial charge in [0.1, 0.15) is 11.1 Å². The number of nitrogens with zero attached hydrogens (tertiary/aromatic N) is 2. The Balaban J connectivity index is 2.76. The van der Waals surface area contributed by atoms with Gasteiger partial charge in [-0.3, -0.25) is 4.68 Å². The molecule has 1 aromatic rings. The van der Waals surface area contributed by atoms with Crippen LogP contribution >= 0.6 is 15.9 Å². The predicted octanol–water partition coefficient (Wildman–Crippen LogP) is 1.28. The van der Waals surface area contributed by atoms with E-state index in [1.54, 1.807) is 4.68 Å². The summed E-state index contributed by atoms with van der Waals surface area (Å²) in [7, 11) is 0. The molecule has 46 valence electrons. The predicted molar refractivity (Wildman–Crippen MR) is 38.8 cm³/mol. The Kier molecular flexibility index (Phi) is 1.91. The van der Waals surface area contributed by atoms with Gasteiger partial charge >= 0.3 is 0 Å². The first-order chi connectivity index (χ1) is 4.33. The van der Waals surface area contributed by atoms with Gasteiger partial charge in [-0.05, 0) is 22.0 Å². The highest BCUT2D eigenvalue weighted by molar-refractivity contribution is 9.10. The van der Waals surface area contributed by atoms with E-state index in [1.807, 2.05) is 12.3 Å². The maximum atomic E-state index is 5.04. The lowest BCUT2D eigenvalue weighted by Crippen LogP contribution is -1.94. The van der Waals surface area contributed by atoms with Crippen molar-refractivity contribution in [2.24, 2.45) is 0 Å². The fourth-order valence-electron chi connectivity index (χ4n) is 0.519. The summed E-state index contributed by atoms with van der Waals surface area (Å²) in [6.45, 7) is 0.533. The zero-order chi connectivity index (χ0) is 6.69. The van der Waals surface area contributed by atoms with Crippen LogP contribution in [0.2, 0.25) is 0 Å². The molecule has 0 aromatic carbocycles. The molecule has 0 amide bonds. The summed E-state index contributed by atoms with van der Waals surface area (Å²) in [4.78, 5) is 0. The van der Waals surface area contributed by atoms with Crippen LogP contribution in [0.1, 0.15) is 0 Å². The average Bonchev–Trinajstić information content (AvgIpc) is 2.17. The molecule has 0 aliphatic carbocycles. The smallest absolute Gasteiger partial charge is 0.128 e. The minimum Gasteiger partial charge on any atom is -0.260 e. The summed E-state index contributed by atoms with van der Waals surface area (Å²) in [5.41, 5.74) is 0. The zero-order valence-corrected chi connectivity index (χ0v) is 6.30. The van der Waals surface area contributed by atoms with E-state index in [9.17, 15) is 0 Å². The van der Waals surface area contributed by atoms with Gasteiger partial charge in [0.05, 0.1) is 0 Å². The molecular weight excluding hydrogens is 180 g/mol. The first-order valence-electron chi connectivity index (χ1n) is 2.45. The van der Waals surface area contributed by atoms with Gasteiger partial charge in [-0.25, -0.2) is 0 Å². The Labute approximate surface area is 62.0 Å². The van der Waals surface area contributed by atoms with Crippen molar-refractivity contribution in [2.75, 3.05) is 0 Å². The normalized spacial score (nSPS) is 8.89. The van der Waals surface area contributed by atoms with E-state index < -0.39 is 0 Å². The second-order valence-electron chi connectivity index (χ2n) is 1.54. The van der Waals surface area contributed by atoms with E-state index in [-0.39, 0.29) is 0 Å². The molecule has 0 spiro atoms. The van der Waals surface area contributed by atoms with E-state index in [1.165, 1.54) is 0 Å². The minimum atomic E-state index is 0.533. The summed E-state index contributed by atoms with van der Waals surface area (Å²) in [5.74, 6) is 2.48. The van der Waals surface area contributed by atoms with Crippen molar-refractivity contribution >= 4 is 15.9 Å². The standard InChI is InChI=1S/C6H5BrN2/c1-2-4-9-5-3-6(7)8-9/h1,3,5H,4H2. The molecule has 1 heterocycles. The number of aromatic nitrogens is 2. The molecule has 2 nitrogen and oxygen atoms in total. The fraction of sp³-hybridized carbons (Fsp3) is 0.167. The molecule has 1 aromatic heterocycles. The van der Waals surface area contributed by atoms with Crippen molar-refractivity contribution in [1.82, 2.24) is 9.78 Å². The van der Waals surface area contributed by atoms with Crippen LogP contribution in [0.15, 0.2) is 16.9 Å². The molecule has 0 aliphatic heterocycles. The van der Waals surface area contributed by atoms with Gasteiger partial charge in [0.2, 0.25) is 0 Å². The molecule has 0 bridgehead atoms. The molecule has 0 atom stereocenters. The largest absolute Gasteiger partial charge is 0.260 e. The lowest BCUT2D eigenvalue weighted by atomic mass is 10.7. The molecule has 1 rings (SSSR count). The first kappa shape index (κ1) is 6.37. The second-order valence-corrected chi connectivity index (χ2v) is 2.35. The van der Waals surface area contributed by atoms with Crippen molar-refractivity contribution in [3.8, 4) is 12.3 Å².